The SMILES string of the molecule is NC(=O)c1[nH]c2cnccc2c1-c1ccc(NC(=O)Nc2cccc(C(F)(F)F)c2F)cc1. The van der Waals surface area contributed by atoms with Crippen molar-refractivity contribution >= 4 is 34.2 Å². The Morgan fingerprint density at radius 3 is 2.39 bits per heavy atom. The number of nitrogens with zero attached hydrogens (tertiary/aromatic N) is 1. The van der Waals surface area contributed by atoms with E-state index < -0.39 is 35.2 Å². The third-order valence-corrected chi connectivity index (χ3v) is 4.83. The maximum Gasteiger partial charge on any atom is 0.419 e. The minimum Gasteiger partial charge on any atom is -0.364 e. The van der Waals surface area contributed by atoms with Gasteiger partial charge in [0.2, 0.25) is 0 Å². The Labute approximate surface area is 183 Å². The van der Waals surface area contributed by atoms with Gasteiger partial charge in [-0.3, -0.25) is 9.78 Å². The van der Waals surface area contributed by atoms with Crippen molar-refractivity contribution in [2.75, 3.05) is 10.6 Å². The van der Waals surface area contributed by atoms with E-state index in [1.807, 2.05) is 0 Å². The zero-order valence-electron chi connectivity index (χ0n) is 16.6. The minimum absolute atomic E-state index is 0.191. The number of aromatic nitrogens is 2. The molecule has 2 aromatic carbocycles. The zero-order valence-corrected chi connectivity index (χ0v) is 16.6. The van der Waals surface area contributed by atoms with Gasteiger partial charge in [-0.25, -0.2) is 9.18 Å². The topological polar surface area (TPSA) is 113 Å². The maximum atomic E-state index is 14.1. The number of urea groups is 1. The number of fused-ring (bicyclic) bond motifs is 1. The number of alkyl halides is 3. The first-order chi connectivity index (χ1) is 15.6. The van der Waals surface area contributed by atoms with E-state index in [1.165, 1.54) is 12.1 Å². The Kier molecular flexibility index (Phi) is 5.46. The highest BCUT2D eigenvalue weighted by molar-refractivity contribution is 6.09. The lowest BCUT2D eigenvalue weighted by Crippen LogP contribution is -2.21. The van der Waals surface area contributed by atoms with Crippen LogP contribution in [0.2, 0.25) is 0 Å². The Morgan fingerprint density at radius 2 is 1.73 bits per heavy atom. The molecule has 7 nitrogen and oxygen atoms in total. The van der Waals surface area contributed by atoms with Crippen LogP contribution in [0.25, 0.3) is 22.0 Å². The van der Waals surface area contributed by atoms with E-state index in [2.05, 4.69) is 20.6 Å². The summed E-state index contributed by atoms with van der Waals surface area (Å²) in [5, 5.41) is 5.20. The van der Waals surface area contributed by atoms with Gasteiger partial charge >= 0.3 is 12.2 Å². The van der Waals surface area contributed by atoms with Gasteiger partial charge in [0.1, 0.15) is 5.69 Å². The maximum absolute atomic E-state index is 14.1. The summed E-state index contributed by atoms with van der Waals surface area (Å²) in [6.45, 7) is 0. The van der Waals surface area contributed by atoms with Gasteiger partial charge in [-0.1, -0.05) is 18.2 Å². The van der Waals surface area contributed by atoms with Crippen molar-refractivity contribution in [3.05, 3.63) is 78.0 Å². The summed E-state index contributed by atoms with van der Waals surface area (Å²) in [7, 11) is 0. The van der Waals surface area contributed by atoms with Gasteiger partial charge < -0.3 is 21.4 Å². The smallest absolute Gasteiger partial charge is 0.364 e. The number of rotatable bonds is 4. The molecule has 2 heterocycles. The van der Waals surface area contributed by atoms with E-state index >= 15 is 0 Å². The number of halogens is 4. The molecule has 0 unspecified atom stereocenters. The van der Waals surface area contributed by atoms with Crippen LogP contribution in [-0.4, -0.2) is 21.9 Å². The second-order valence-electron chi connectivity index (χ2n) is 6.98. The van der Waals surface area contributed by atoms with E-state index in [0.29, 0.717) is 22.7 Å². The van der Waals surface area contributed by atoms with Gasteiger partial charge in [-0.05, 0) is 35.9 Å². The number of aromatic amines is 1. The summed E-state index contributed by atoms with van der Waals surface area (Å²) in [6, 6.07) is 9.65. The van der Waals surface area contributed by atoms with Crippen molar-refractivity contribution < 1.29 is 27.2 Å². The fourth-order valence-electron chi connectivity index (χ4n) is 3.38. The lowest BCUT2D eigenvalue weighted by molar-refractivity contribution is -0.139. The standard InChI is InChI=1S/C22H15F4N5O2/c23-18-14(22(24,25)26)2-1-3-15(18)31-21(33)29-12-6-4-11(5-7-12)17-13-8-9-28-10-16(13)30-19(17)20(27)32/h1-10,30H,(H2,27,32)(H2,29,31,33). The largest absolute Gasteiger partial charge is 0.419 e. The number of hydrogen-bond donors (Lipinski definition) is 4. The second kappa shape index (κ2) is 8.26. The lowest BCUT2D eigenvalue weighted by atomic mass is 10.0. The summed E-state index contributed by atoms with van der Waals surface area (Å²) >= 11 is 0. The predicted molar refractivity (Wildman–Crippen MR) is 114 cm³/mol. The molecule has 0 spiro atoms. The first-order valence-electron chi connectivity index (χ1n) is 9.45. The van der Waals surface area contributed by atoms with Crippen molar-refractivity contribution in [2.45, 2.75) is 6.18 Å². The van der Waals surface area contributed by atoms with E-state index in [1.54, 1.807) is 30.6 Å². The molecule has 4 rings (SSSR count). The normalized spacial score (nSPS) is 11.4. The number of benzene rings is 2. The molecule has 0 aliphatic carbocycles. The molecule has 2 aromatic heterocycles. The number of hydrogen-bond acceptors (Lipinski definition) is 3. The van der Waals surface area contributed by atoms with Gasteiger partial charge in [0.05, 0.1) is 23.0 Å². The van der Waals surface area contributed by atoms with Gasteiger partial charge in [-0.2, -0.15) is 13.2 Å². The number of carbonyl (C=O) groups excluding carboxylic acids is 2. The number of primary amides is 1. The Hall–Kier alpha value is -4.41. The molecular formula is C22H15F4N5O2. The fraction of sp³-hybridized carbons (Fsp3) is 0.0455. The van der Waals surface area contributed by atoms with Crippen LogP contribution in [0.4, 0.5) is 33.7 Å². The summed E-state index contributed by atoms with van der Waals surface area (Å²) < 4.78 is 52.6. The monoisotopic (exact) mass is 457 g/mol. The van der Waals surface area contributed by atoms with Crippen LogP contribution in [-0.2, 0) is 6.18 Å². The number of amides is 3. The highest BCUT2D eigenvalue weighted by atomic mass is 19.4. The van der Waals surface area contributed by atoms with Crippen LogP contribution >= 0.6 is 0 Å². The Bertz CT molecular complexity index is 1360. The molecule has 0 bridgehead atoms. The molecule has 33 heavy (non-hydrogen) atoms. The van der Waals surface area contributed by atoms with E-state index in [0.717, 1.165) is 17.5 Å². The van der Waals surface area contributed by atoms with Crippen LogP contribution in [0.15, 0.2) is 60.9 Å². The van der Waals surface area contributed by atoms with Gasteiger partial charge in [0, 0.05) is 22.8 Å². The molecule has 4 aromatic rings. The molecule has 0 fully saturated rings. The molecule has 0 radical (unpaired) electrons. The summed E-state index contributed by atoms with van der Waals surface area (Å²) in [4.78, 5) is 31.0. The third kappa shape index (κ3) is 4.33. The predicted octanol–water partition coefficient (Wildman–Crippen LogP) is 5.13. The first kappa shape index (κ1) is 21.8. The number of H-pyrrole nitrogens is 1. The number of nitrogens with one attached hydrogen (secondary N) is 3. The molecular weight excluding hydrogens is 442 g/mol. The van der Waals surface area contributed by atoms with E-state index in [9.17, 15) is 27.2 Å². The average molecular weight is 457 g/mol. The summed E-state index contributed by atoms with van der Waals surface area (Å²) in [5.74, 6) is -2.24. The van der Waals surface area contributed by atoms with Gasteiger partial charge in [0.15, 0.2) is 5.82 Å². The molecule has 168 valence electrons. The summed E-state index contributed by atoms with van der Waals surface area (Å²) in [5.41, 5.74) is 5.65. The molecule has 3 amide bonds. The zero-order chi connectivity index (χ0) is 23.8. The van der Waals surface area contributed by atoms with Crippen molar-refractivity contribution in [2.24, 2.45) is 5.73 Å². The van der Waals surface area contributed by atoms with Crippen LogP contribution < -0.4 is 16.4 Å². The highest BCUT2D eigenvalue weighted by Crippen LogP contribution is 2.34. The Morgan fingerprint density at radius 1 is 1.00 bits per heavy atom. The molecule has 5 N–H and O–H groups in total. The molecule has 0 saturated heterocycles. The summed E-state index contributed by atoms with van der Waals surface area (Å²) in [6.07, 6.45) is -1.77. The van der Waals surface area contributed by atoms with Gasteiger partial charge in [0.25, 0.3) is 5.91 Å². The number of carbonyl (C=O) groups is 2. The third-order valence-electron chi connectivity index (χ3n) is 4.83. The van der Waals surface area contributed by atoms with Crippen LogP contribution in [0.1, 0.15) is 16.1 Å². The Balaban J connectivity index is 1.55. The molecule has 0 saturated carbocycles. The average Bonchev–Trinajstić information content (AvgIpc) is 3.15. The lowest BCUT2D eigenvalue weighted by Gasteiger charge is -2.13. The number of nitrogens with two attached hydrogens (primary N) is 1. The van der Waals surface area contributed by atoms with Crippen LogP contribution in [0.3, 0.4) is 0 Å². The quantitative estimate of drug-likeness (QED) is 0.319. The van der Waals surface area contributed by atoms with Crippen molar-refractivity contribution in [3.63, 3.8) is 0 Å². The second-order valence-corrected chi connectivity index (χ2v) is 6.98. The molecule has 0 aliphatic heterocycles. The minimum atomic E-state index is -4.89. The fourth-order valence-corrected chi connectivity index (χ4v) is 3.38. The van der Waals surface area contributed by atoms with Crippen molar-refractivity contribution in [1.29, 1.82) is 0 Å². The van der Waals surface area contributed by atoms with E-state index in [4.69, 9.17) is 5.73 Å². The van der Waals surface area contributed by atoms with Crippen LogP contribution in [0, 0.1) is 5.82 Å². The van der Waals surface area contributed by atoms with Crippen LogP contribution in [0.5, 0.6) is 0 Å². The first-order valence-corrected chi connectivity index (χ1v) is 9.45. The number of pyridine rings is 1. The van der Waals surface area contributed by atoms with Crippen molar-refractivity contribution in [3.8, 4) is 11.1 Å². The van der Waals surface area contributed by atoms with E-state index in [-0.39, 0.29) is 11.4 Å². The number of anilines is 2. The van der Waals surface area contributed by atoms with Crippen molar-refractivity contribution in [1.82, 2.24) is 9.97 Å². The molecule has 0 aliphatic rings. The molecule has 11 heteroatoms. The highest BCUT2D eigenvalue weighted by Gasteiger charge is 2.35. The molecule has 0 atom stereocenters. The van der Waals surface area contributed by atoms with Gasteiger partial charge in [-0.15, -0.1) is 0 Å².